The Kier molecular flexibility index (Phi) is 9.81. The fourth-order valence-electron chi connectivity index (χ4n) is 5.32. The maximum Gasteiger partial charge on any atom is 0.337 e. The second-order valence-electron chi connectivity index (χ2n) is 11.8. The van der Waals surface area contributed by atoms with E-state index in [1.165, 1.54) is 7.11 Å². The van der Waals surface area contributed by atoms with Crippen LogP contribution in [0.4, 0.5) is 0 Å². The number of carbonyl (C=O) groups excluding carboxylic acids is 3. The Balaban J connectivity index is 1.77. The Labute approximate surface area is 248 Å². The lowest BCUT2D eigenvalue weighted by Gasteiger charge is -2.43. The molecule has 0 bridgehead atoms. The van der Waals surface area contributed by atoms with Crippen molar-refractivity contribution in [1.29, 1.82) is 0 Å². The summed E-state index contributed by atoms with van der Waals surface area (Å²) in [5.41, 5.74) is 10.2. The lowest BCUT2D eigenvalue weighted by atomic mass is 9.84. The summed E-state index contributed by atoms with van der Waals surface area (Å²) in [6.07, 6.45) is 0.379. The Morgan fingerprint density at radius 1 is 0.929 bits per heavy atom. The van der Waals surface area contributed by atoms with Gasteiger partial charge in [-0.3, -0.25) is 9.59 Å². The Morgan fingerprint density at radius 2 is 1.55 bits per heavy atom. The highest BCUT2D eigenvalue weighted by Crippen LogP contribution is 2.31. The molecule has 1 heterocycles. The number of carbonyl (C=O) groups is 3. The van der Waals surface area contributed by atoms with Crippen LogP contribution in [0.3, 0.4) is 0 Å². The second kappa shape index (κ2) is 13.3. The fourth-order valence-corrected chi connectivity index (χ4v) is 5.32. The van der Waals surface area contributed by atoms with E-state index in [9.17, 15) is 14.4 Å². The quantitative estimate of drug-likeness (QED) is 0.379. The average molecular weight is 572 g/mol. The molecule has 8 heteroatoms. The van der Waals surface area contributed by atoms with E-state index >= 15 is 0 Å². The summed E-state index contributed by atoms with van der Waals surface area (Å²) in [5.74, 6) is -0.871. The van der Waals surface area contributed by atoms with Gasteiger partial charge in [-0.15, -0.1) is 0 Å². The van der Waals surface area contributed by atoms with Crippen LogP contribution in [0.25, 0.3) is 0 Å². The number of methoxy groups -OCH3 is 2. The van der Waals surface area contributed by atoms with Crippen LogP contribution in [0.5, 0.6) is 0 Å². The Bertz CT molecular complexity index is 1380. The van der Waals surface area contributed by atoms with Crippen molar-refractivity contribution in [1.82, 2.24) is 9.80 Å². The maximum atomic E-state index is 14.8. The highest BCUT2D eigenvalue weighted by molar-refractivity contribution is 5.91. The first-order chi connectivity index (χ1) is 20.0. The standard InChI is InChI=1S/C34H41N3O5/c1-34(2,3)30(35)32(39)37-21-27-14-10-9-13-26(27)19-28(37)31(38)36(29(22-41-4)24-11-7-6-8-12-24)20-23-15-17-25(18-16-23)33(40)42-5/h6-18,28-30H,19-22,35H2,1-5H3/t28-,29?,30+/m0/s1. The van der Waals surface area contributed by atoms with Gasteiger partial charge >= 0.3 is 5.97 Å². The molecule has 0 fully saturated rings. The molecule has 42 heavy (non-hydrogen) atoms. The third-order valence-electron chi connectivity index (χ3n) is 7.91. The van der Waals surface area contributed by atoms with Crippen molar-refractivity contribution in [2.24, 2.45) is 11.1 Å². The molecule has 1 aliphatic heterocycles. The first kappa shape index (κ1) is 30.9. The summed E-state index contributed by atoms with van der Waals surface area (Å²) in [4.78, 5) is 44.1. The topological polar surface area (TPSA) is 102 Å². The van der Waals surface area contributed by atoms with Gasteiger partial charge in [-0.25, -0.2) is 4.79 Å². The van der Waals surface area contributed by atoms with E-state index in [-0.39, 0.29) is 25.0 Å². The maximum absolute atomic E-state index is 14.8. The normalized spacial score (nSPS) is 16.2. The largest absolute Gasteiger partial charge is 0.465 e. The molecule has 8 nitrogen and oxygen atoms in total. The minimum Gasteiger partial charge on any atom is -0.465 e. The van der Waals surface area contributed by atoms with E-state index in [2.05, 4.69) is 0 Å². The molecular formula is C34H41N3O5. The molecule has 2 N–H and O–H groups in total. The zero-order chi connectivity index (χ0) is 30.4. The van der Waals surface area contributed by atoms with Gasteiger partial charge in [-0.2, -0.15) is 0 Å². The van der Waals surface area contributed by atoms with E-state index in [4.69, 9.17) is 15.2 Å². The molecular weight excluding hydrogens is 530 g/mol. The van der Waals surface area contributed by atoms with E-state index < -0.39 is 29.5 Å². The van der Waals surface area contributed by atoms with Crippen LogP contribution in [0, 0.1) is 5.41 Å². The molecule has 0 aliphatic carbocycles. The van der Waals surface area contributed by atoms with Crippen molar-refractivity contribution in [3.05, 3.63) is 107 Å². The highest BCUT2D eigenvalue weighted by Gasteiger charge is 2.42. The average Bonchev–Trinajstić information content (AvgIpc) is 3.00. The van der Waals surface area contributed by atoms with E-state index in [1.54, 1.807) is 29.0 Å². The molecule has 1 unspecified atom stereocenters. The molecule has 4 rings (SSSR count). The molecule has 0 saturated carbocycles. The monoisotopic (exact) mass is 571 g/mol. The van der Waals surface area contributed by atoms with Gasteiger partial charge in [-0.05, 0) is 39.8 Å². The Morgan fingerprint density at radius 3 is 2.14 bits per heavy atom. The van der Waals surface area contributed by atoms with Crippen molar-refractivity contribution in [3.63, 3.8) is 0 Å². The molecule has 1 aliphatic rings. The van der Waals surface area contributed by atoms with Crippen LogP contribution in [-0.4, -0.2) is 60.5 Å². The smallest absolute Gasteiger partial charge is 0.337 e. The van der Waals surface area contributed by atoms with Crippen LogP contribution in [-0.2, 0) is 38.6 Å². The van der Waals surface area contributed by atoms with Crippen LogP contribution in [0.15, 0.2) is 78.9 Å². The number of nitrogens with zero attached hydrogens (tertiary/aromatic N) is 2. The molecule has 0 aromatic heterocycles. The van der Waals surface area contributed by atoms with E-state index in [1.807, 2.05) is 87.5 Å². The van der Waals surface area contributed by atoms with Crippen LogP contribution >= 0.6 is 0 Å². The number of nitrogens with two attached hydrogens (primary N) is 1. The summed E-state index contributed by atoms with van der Waals surface area (Å²) in [7, 11) is 2.95. The minimum atomic E-state index is -0.777. The van der Waals surface area contributed by atoms with Gasteiger partial charge in [0.05, 0.1) is 31.4 Å². The van der Waals surface area contributed by atoms with E-state index in [0.717, 1.165) is 22.3 Å². The zero-order valence-electron chi connectivity index (χ0n) is 25.1. The number of hydrogen-bond donors (Lipinski definition) is 1. The molecule has 3 atom stereocenters. The summed E-state index contributed by atoms with van der Waals surface area (Å²) in [6, 6.07) is 22.7. The summed E-state index contributed by atoms with van der Waals surface area (Å²) < 4.78 is 10.5. The zero-order valence-corrected chi connectivity index (χ0v) is 25.1. The van der Waals surface area contributed by atoms with Gasteiger partial charge in [0.1, 0.15) is 6.04 Å². The SMILES string of the molecule is COCC(c1ccccc1)N(Cc1ccc(C(=O)OC)cc1)C(=O)[C@@H]1Cc2ccccc2CN1C(=O)[C@@H](N)C(C)(C)C. The fraction of sp³-hybridized carbons (Fsp3) is 0.382. The highest BCUT2D eigenvalue weighted by atomic mass is 16.5. The van der Waals surface area contributed by atoms with Crippen molar-refractivity contribution < 1.29 is 23.9 Å². The molecule has 2 amide bonds. The third kappa shape index (κ3) is 6.89. The molecule has 3 aromatic carbocycles. The minimum absolute atomic E-state index is 0.193. The predicted octanol–water partition coefficient (Wildman–Crippen LogP) is 4.52. The number of benzene rings is 3. The van der Waals surface area contributed by atoms with Gasteiger partial charge in [-0.1, -0.05) is 87.5 Å². The Hall–Kier alpha value is -4.01. The number of rotatable bonds is 9. The first-order valence-electron chi connectivity index (χ1n) is 14.2. The molecule has 0 radical (unpaired) electrons. The third-order valence-corrected chi connectivity index (χ3v) is 7.91. The lowest BCUT2D eigenvalue weighted by Crippen LogP contribution is -2.59. The summed E-state index contributed by atoms with van der Waals surface area (Å²) in [5, 5.41) is 0. The van der Waals surface area contributed by atoms with Gasteiger partial charge in [0, 0.05) is 26.6 Å². The van der Waals surface area contributed by atoms with Crippen molar-refractivity contribution >= 4 is 17.8 Å². The van der Waals surface area contributed by atoms with Crippen molar-refractivity contribution in [2.45, 2.75) is 58.4 Å². The summed E-state index contributed by atoms with van der Waals surface area (Å²) >= 11 is 0. The molecule has 3 aromatic rings. The van der Waals surface area contributed by atoms with E-state index in [0.29, 0.717) is 18.5 Å². The number of hydrogen-bond acceptors (Lipinski definition) is 6. The summed E-state index contributed by atoms with van der Waals surface area (Å²) in [6.45, 7) is 6.59. The van der Waals surface area contributed by atoms with Gasteiger partial charge in [0.2, 0.25) is 11.8 Å². The lowest BCUT2D eigenvalue weighted by molar-refractivity contribution is -0.151. The number of fused-ring (bicyclic) bond motifs is 1. The van der Waals surface area contributed by atoms with Gasteiger partial charge < -0.3 is 25.0 Å². The van der Waals surface area contributed by atoms with Gasteiger partial charge in [0.25, 0.3) is 0 Å². The molecule has 0 saturated heterocycles. The van der Waals surface area contributed by atoms with Crippen LogP contribution in [0.2, 0.25) is 0 Å². The van der Waals surface area contributed by atoms with Gasteiger partial charge in [0.15, 0.2) is 0 Å². The number of amides is 2. The first-order valence-corrected chi connectivity index (χ1v) is 14.2. The number of esters is 1. The second-order valence-corrected chi connectivity index (χ2v) is 11.8. The molecule has 222 valence electrons. The predicted molar refractivity (Wildman–Crippen MR) is 161 cm³/mol. The van der Waals surface area contributed by atoms with Crippen molar-refractivity contribution in [3.8, 4) is 0 Å². The van der Waals surface area contributed by atoms with Crippen molar-refractivity contribution in [2.75, 3.05) is 20.8 Å². The number of ether oxygens (including phenoxy) is 2. The van der Waals surface area contributed by atoms with Crippen LogP contribution in [0.1, 0.15) is 59.4 Å². The molecule has 0 spiro atoms. The van der Waals surface area contributed by atoms with Crippen LogP contribution < -0.4 is 5.73 Å².